The quantitative estimate of drug-likeness (QED) is 0.745. The maximum Gasteiger partial charge on any atom is 0.207 e. The summed E-state index contributed by atoms with van der Waals surface area (Å²) >= 11 is 0. The van der Waals surface area contributed by atoms with Crippen molar-refractivity contribution in [2.75, 3.05) is 6.61 Å². The van der Waals surface area contributed by atoms with E-state index in [-0.39, 0.29) is 17.9 Å². The number of Topliss-reactive ketones (excluding diaryl/α,β-unsaturated/α-hetero) is 1. The molecule has 0 heterocycles. The molecule has 0 saturated heterocycles. The maximum atomic E-state index is 11.9. The first kappa shape index (κ1) is 13.7. The van der Waals surface area contributed by atoms with Crippen LogP contribution in [0.15, 0.2) is 36.4 Å². The Balaban J connectivity index is 2.13. The molecule has 0 bridgehead atoms. The standard InChI is InChI=1S/C15H14O5/c1-9-3-2-4-11(5-9)20-8-14(19)15-12(17)6-10(16)7-13(15)18/h2-7,16-18H,8H2,1H3. The SMILES string of the molecule is Cc1cccc(OCC(=O)c2c(O)cc(O)cc2O)c1. The van der Waals surface area contributed by atoms with E-state index < -0.39 is 17.3 Å². The Morgan fingerprint density at radius 3 is 2.35 bits per heavy atom. The second kappa shape index (κ2) is 5.52. The van der Waals surface area contributed by atoms with E-state index in [1.54, 1.807) is 18.2 Å². The molecule has 0 saturated carbocycles. The Kier molecular flexibility index (Phi) is 3.79. The Morgan fingerprint density at radius 2 is 1.75 bits per heavy atom. The molecule has 0 radical (unpaired) electrons. The van der Waals surface area contributed by atoms with Gasteiger partial charge in [-0.1, -0.05) is 12.1 Å². The fourth-order valence-electron chi connectivity index (χ4n) is 1.81. The first-order valence-electron chi connectivity index (χ1n) is 5.95. The van der Waals surface area contributed by atoms with Crippen molar-refractivity contribution >= 4 is 5.78 Å². The van der Waals surface area contributed by atoms with E-state index in [9.17, 15) is 20.1 Å². The number of phenols is 3. The lowest BCUT2D eigenvalue weighted by molar-refractivity contribution is 0.0916. The van der Waals surface area contributed by atoms with Crippen molar-refractivity contribution in [3.63, 3.8) is 0 Å². The summed E-state index contributed by atoms with van der Waals surface area (Å²) in [6, 6.07) is 9.14. The number of aromatic hydroxyl groups is 3. The Bertz CT molecular complexity index is 625. The highest BCUT2D eigenvalue weighted by molar-refractivity contribution is 6.02. The molecule has 2 aromatic rings. The number of hydrogen-bond donors (Lipinski definition) is 3. The minimum atomic E-state index is -0.582. The van der Waals surface area contributed by atoms with Crippen molar-refractivity contribution in [1.82, 2.24) is 0 Å². The first-order valence-corrected chi connectivity index (χ1v) is 5.95. The molecular formula is C15H14O5. The van der Waals surface area contributed by atoms with E-state index in [0.29, 0.717) is 5.75 Å². The van der Waals surface area contributed by atoms with Gasteiger partial charge in [0.1, 0.15) is 28.6 Å². The van der Waals surface area contributed by atoms with Crippen LogP contribution in [0.5, 0.6) is 23.0 Å². The molecule has 104 valence electrons. The molecule has 0 unspecified atom stereocenters. The van der Waals surface area contributed by atoms with Crippen LogP contribution in [-0.2, 0) is 0 Å². The predicted molar refractivity (Wildman–Crippen MR) is 72.4 cm³/mol. The molecule has 2 rings (SSSR count). The van der Waals surface area contributed by atoms with Gasteiger partial charge in [-0.2, -0.15) is 0 Å². The third kappa shape index (κ3) is 3.00. The Labute approximate surface area is 115 Å². The highest BCUT2D eigenvalue weighted by atomic mass is 16.5. The van der Waals surface area contributed by atoms with Crippen molar-refractivity contribution in [2.24, 2.45) is 0 Å². The van der Waals surface area contributed by atoms with Crippen LogP contribution in [0, 0.1) is 6.92 Å². The van der Waals surface area contributed by atoms with Gasteiger partial charge in [0.2, 0.25) is 5.78 Å². The number of aryl methyl sites for hydroxylation is 1. The third-order valence-electron chi connectivity index (χ3n) is 2.72. The molecule has 0 spiro atoms. The van der Waals surface area contributed by atoms with Gasteiger partial charge in [0.15, 0.2) is 6.61 Å². The number of carbonyl (C=O) groups excluding carboxylic acids is 1. The number of hydrogen-bond acceptors (Lipinski definition) is 5. The largest absolute Gasteiger partial charge is 0.508 e. The number of ketones is 1. The molecule has 2 aromatic carbocycles. The third-order valence-corrected chi connectivity index (χ3v) is 2.72. The summed E-state index contributed by atoms with van der Waals surface area (Å²) < 4.78 is 5.31. The second-order valence-corrected chi connectivity index (χ2v) is 4.39. The lowest BCUT2D eigenvalue weighted by Crippen LogP contribution is -2.12. The molecular weight excluding hydrogens is 260 g/mol. The van der Waals surface area contributed by atoms with Crippen LogP contribution >= 0.6 is 0 Å². The van der Waals surface area contributed by atoms with Crippen molar-refractivity contribution in [3.05, 3.63) is 47.5 Å². The van der Waals surface area contributed by atoms with Crippen LogP contribution in [0.3, 0.4) is 0 Å². The van der Waals surface area contributed by atoms with E-state index in [0.717, 1.165) is 17.7 Å². The van der Waals surface area contributed by atoms with Gasteiger partial charge in [0.05, 0.1) is 0 Å². The van der Waals surface area contributed by atoms with Gasteiger partial charge in [-0.15, -0.1) is 0 Å². The fraction of sp³-hybridized carbons (Fsp3) is 0.133. The maximum absolute atomic E-state index is 11.9. The van der Waals surface area contributed by atoms with E-state index in [4.69, 9.17) is 4.74 Å². The topological polar surface area (TPSA) is 87.0 Å². The number of benzene rings is 2. The van der Waals surface area contributed by atoms with Gasteiger partial charge < -0.3 is 20.1 Å². The van der Waals surface area contributed by atoms with Crippen LogP contribution in [0.2, 0.25) is 0 Å². The fourth-order valence-corrected chi connectivity index (χ4v) is 1.81. The molecule has 0 aromatic heterocycles. The summed E-state index contributed by atoms with van der Waals surface area (Å²) in [4.78, 5) is 11.9. The number of ether oxygens (including phenoxy) is 1. The monoisotopic (exact) mass is 274 g/mol. The highest BCUT2D eigenvalue weighted by Crippen LogP contribution is 2.32. The Morgan fingerprint density at radius 1 is 1.10 bits per heavy atom. The van der Waals surface area contributed by atoms with Crippen LogP contribution in [0.25, 0.3) is 0 Å². The van der Waals surface area contributed by atoms with Gasteiger partial charge in [0, 0.05) is 12.1 Å². The van der Waals surface area contributed by atoms with Gasteiger partial charge in [0.25, 0.3) is 0 Å². The zero-order valence-electron chi connectivity index (χ0n) is 10.8. The van der Waals surface area contributed by atoms with Crippen LogP contribution in [-0.4, -0.2) is 27.7 Å². The van der Waals surface area contributed by atoms with Gasteiger partial charge in [-0.3, -0.25) is 4.79 Å². The average molecular weight is 274 g/mol. The lowest BCUT2D eigenvalue weighted by Gasteiger charge is -2.09. The van der Waals surface area contributed by atoms with Crippen molar-refractivity contribution in [2.45, 2.75) is 6.92 Å². The average Bonchev–Trinajstić information content (AvgIpc) is 2.35. The van der Waals surface area contributed by atoms with Gasteiger partial charge in [-0.05, 0) is 24.6 Å². The Hall–Kier alpha value is -2.69. The van der Waals surface area contributed by atoms with Crippen molar-refractivity contribution < 1.29 is 24.9 Å². The molecule has 0 amide bonds. The molecule has 0 aliphatic rings. The predicted octanol–water partition coefficient (Wildman–Crippen LogP) is 2.37. The highest BCUT2D eigenvalue weighted by Gasteiger charge is 2.18. The van der Waals surface area contributed by atoms with Crippen molar-refractivity contribution in [3.8, 4) is 23.0 Å². The summed E-state index contributed by atoms with van der Waals surface area (Å²) in [6.45, 7) is 1.57. The van der Waals surface area contributed by atoms with E-state index in [1.807, 2.05) is 13.0 Å². The first-order chi connectivity index (χ1) is 9.47. The smallest absolute Gasteiger partial charge is 0.207 e. The van der Waals surface area contributed by atoms with Gasteiger partial charge in [-0.25, -0.2) is 0 Å². The molecule has 0 atom stereocenters. The number of rotatable bonds is 4. The summed E-state index contributed by atoms with van der Waals surface area (Å²) in [7, 11) is 0. The summed E-state index contributed by atoms with van der Waals surface area (Å²) in [5.41, 5.74) is 0.723. The summed E-state index contributed by atoms with van der Waals surface area (Å²) in [5.74, 6) is -1.35. The minimum absolute atomic E-state index is 0.268. The van der Waals surface area contributed by atoms with Crippen LogP contribution in [0.1, 0.15) is 15.9 Å². The minimum Gasteiger partial charge on any atom is -0.508 e. The van der Waals surface area contributed by atoms with Crippen LogP contribution in [0.4, 0.5) is 0 Å². The van der Waals surface area contributed by atoms with E-state index in [2.05, 4.69) is 0 Å². The summed E-state index contributed by atoms with van der Waals surface area (Å²) in [5, 5.41) is 28.4. The normalized spacial score (nSPS) is 10.2. The molecule has 0 aliphatic heterocycles. The van der Waals surface area contributed by atoms with E-state index in [1.165, 1.54) is 0 Å². The molecule has 0 aliphatic carbocycles. The number of phenolic OH excluding ortho intramolecular Hbond substituents is 3. The molecule has 5 nitrogen and oxygen atoms in total. The van der Waals surface area contributed by atoms with Gasteiger partial charge >= 0.3 is 0 Å². The zero-order valence-corrected chi connectivity index (χ0v) is 10.8. The molecule has 3 N–H and O–H groups in total. The molecule has 5 heteroatoms. The second-order valence-electron chi connectivity index (χ2n) is 4.39. The van der Waals surface area contributed by atoms with Crippen LogP contribution < -0.4 is 4.74 Å². The van der Waals surface area contributed by atoms with Crippen molar-refractivity contribution in [1.29, 1.82) is 0 Å². The lowest BCUT2D eigenvalue weighted by atomic mass is 10.1. The zero-order chi connectivity index (χ0) is 14.7. The molecule has 0 fully saturated rings. The summed E-state index contributed by atoms with van der Waals surface area (Å²) in [6.07, 6.45) is 0. The van der Waals surface area contributed by atoms with E-state index >= 15 is 0 Å². The number of carbonyl (C=O) groups is 1. The molecule has 20 heavy (non-hydrogen) atoms.